The van der Waals surface area contributed by atoms with Gasteiger partial charge in [0.2, 0.25) is 0 Å². The van der Waals surface area contributed by atoms with E-state index in [0.29, 0.717) is 12.1 Å². The number of aromatic nitrogens is 2. The van der Waals surface area contributed by atoms with Crippen molar-refractivity contribution in [2.45, 2.75) is 6.54 Å². The van der Waals surface area contributed by atoms with Gasteiger partial charge in [-0.1, -0.05) is 60.7 Å². The Morgan fingerprint density at radius 3 is 2.48 bits per heavy atom. The van der Waals surface area contributed by atoms with Crippen LogP contribution in [0.5, 0.6) is 0 Å². The van der Waals surface area contributed by atoms with Gasteiger partial charge in [0.15, 0.2) is 0 Å². The van der Waals surface area contributed by atoms with E-state index in [1.807, 2.05) is 77.4 Å². The molecule has 0 spiro atoms. The van der Waals surface area contributed by atoms with E-state index in [0.717, 1.165) is 27.7 Å². The molecule has 0 amide bonds. The van der Waals surface area contributed by atoms with Crippen molar-refractivity contribution in [3.8, 4) is 11.1 Å². The molecular weight excluding hydrogens is 312 g/mol. The lowest BCUT2D eigenvalue weighted by atomic mass is 9.95. The topological polar surface area (TPSA) is 55.1 Å². The summed E-state index contributed by atoms with van der Waals surface area (Å²) in [6.07, 6.45) is 1.76. The van der Waals surface area contributed by atoms with E-state index >= 15 is 0 Å². The van der Waals surface area contributed by atoms with Gasteiger partial charge in [0.05, 0.1) is 22.9 Å². The smallest absolute Gasteiger partial charge is 0.336 e. The molecule has 25 heavy (non-hydrogen) atoms. The van der Waals surface area contributed by atoms with E-state index in [4.69, 9.17) is 0 Å². The number of rotatable bonds is 4. The first-order valence-corrected chi connectivity index (χ1v) is 8.04. The van der Waals surface area contributed by atoms with Gasteiger partial charge in [-0.25, -0.2) is 9.78 Å². The minimum absolute atomic E-state index is 0.339. The Balaban J connectivity index is 1.84. The van der Waals surface area contributed by atoms with Gasteiger partial charge in [0, 0.05) is 6.54 Å². The first-order chi connectivity index (χ1) is 12.2. The summed E-state index contributed by atoms with van der Waals surface area (Å²) in [6, 6.07) is 23.1. The van der Waals surface area contributed by atoms with Gasteiger partial charge in [-0.05, 0) is 28.8 Å². The first-order valence-electron chi connectivity index (χ1n) is 8.04. The molecule has 4 nitrogen and oxygen atoms in total. The highest BCUT2D eigenvalue weighted by Crippen LogP contribution is 2.27. The number of benzene rings is 3. The fourth-order valence-electron chi connectivity index (χ4n) is 3.16. The predicted octanol–water partition coefficient (Wildman–Crippen LogP) is 4.45. The molecule has 3 aromatic carbocycles. The molecular formula is C21H16N2O2. The zero-order chi connectivity index (χ0) is 17.2. The van der Waals surface area contributed by atoms with Crippen LogP contribution in [0, 0.1) is 0 Å². The van der Waals surface area contributed by atoms with Crippen LogP contribution in [0.25, 0.3) is 22.2 Å². The first kappa shape index (κ1) is 15.1. The molecule has 0 aliphatic carbocycles. The fourth-order valence-corrected chi connectivity index (χ4v) is 3.16. The van der Waals surface area contributed by atoms with Crippen LogP contribution >= 0.6 is 0 Å². The zero-order valence-electron chi connectivity index (χ0n) is 13.5. The summed E-state index contributed by atoms with van der Waals surface area (Å²) in [6.45, 7) is 0.461. The van der Waals surface area contributed by atoms with E-state index in [-0.39, 0.29) is 0 Å². The predicted molar refractivity (Wildman–Crippen MR) is 97.7 cm³/mol. The Labute approximate surface area is 145 Å². The zero-order valence-corrected chi connectivity index (χ0v) is 13.5. The molecule has 0 atom stereocenters. The minimum Gasteiger partial charge on any atom is -0.478 e. The highest BCUT2D eigenvalue weighted by Gasteiger charge is 2.17. The second-order valence-corrected chi connectivity index (χ2v) is 5.87. The van der Waals surface area contributed by atoms with Gasteiger partial charge in [-0.15, -0.1) is 0 Å². The highest BCUT2D eigenvalue weighted by atomic mass is 16.4. The van der Waals surface area contributed by atoms with Crippen LogP contribution in [0.4, 0.5) is 0 Å². The molecule has 1 N–H and O–H groups in total. The van der Waals surface area contributed by atoms with Gasteiger partial charge >= 0.3 is 5.97 Å². The normalized spacial score (nSPS) is 10.9. The maximum absolute atomic E-state index is 12.0. The van der Waals surface area contributed by atoms with E-state index < -0.39 is 5.97 Å². The molecule has 1 heterocycles. The van der Waals surface area contributed by atoms with E-state index in [9.17, 15) is 9.90 Å². The second-order valence-electron chi connectivity index (χ2n) is 5.87. The monoisotopic (exact) mass is 328 g/mol. The summed E-state index contributed by atoms with van der Waals surface area (Å²) < 4.78 is 1.98. The van der Waals surface area contributed by atoms with Crippen molar-refractivity contribution in [2.75, 3.05) is 0 Å². The van der Waals surface area contributed by atoms with Crippen molar-refractivity contribution in [3.05, 3.63) is 90.3 Å². The second kappa shape index (κ2) is 6.24. The van der Waals surface area contributed by atoms with Crippen LogP contribution in [0.2, 0.25) is 0 Å². The summed E-state index contributed by atoms with van der Waals surface area (Å²) in [7, 11) is 0. The third-order valence-corrected chi connectivity index (χ3v) is 4.32. The molecule has 4 rings (SSSR count). The Hall–Kier alpha value is -3.40. The maximum atomic E-state index is 12.0. The van der Waals surface area contributed by atoms with Gasteiger partial charge < -0.3 is 9.67 Å². The highest BCUT2D eigenvalue weighted by molar-refractivity contribution is 5.97. The Kier molecular flexibility index (Phi) is 3.78. The SMILES string of the molecule is O=C(O)c1c(Cn2cnc3ccccc32)cccc1-c1ccccc1. The van der Waals surface area contributed by atoms with Gasteiger partial charge in [0.1, 0.15) is 0 Å². The maximum Gasteiger partial charge on any atom is 0.336 e. The van der Waals surface area contributed by atoms with Crippen molar-refractivity contribution in [2.24, 2.45) is 0 Å². The van der Waals surface area contributed by atoms with Crippen LogP contribution in [0.15, 0.2) is 79.1 Å². The lowest BCUT2D eigenvalue weighted by Gasteiger charge is -2.13. The molecule has 4 heteroatoms. The van der Waals surface area contributed by atoms with E-state index in [1.165, 1.54) is 0 Å². The van der Waals surface area contributed by atoms with Crippen molar-refractivity contribution >= 4 is 17.0 Å². The van der Waals surface area contributed by atoms with Crippen LogP contribution in [-0.2, 0) is 6.54 Å². The molecule has 0 bridgehead atoms. The number of hydrogen-bond donors (Lipinski definition) is 1. The number of imidazole rings is 1. The number of para-hydroxylation sites is 2. The number of nitrogens with zero attached hydrogens (tertiary/aromatic N) is 2. The summed E-state index contributed by atoms with van der Waals surface area (Å²) in [4.78, 5) is 16.4. The number of carboxylic acid groups (broad SMARTS) is 1. The number of carbonyl (C=O) groups is 1. The Morgan fingerprint density at radius 2 is 1.68 bits per heavy atom. The number of hydrogen-bond acceptors (Lipinski definition) is 2. The van der Waals surface area contributed by atoms with E-state index in [1.54, 1.807) is 6.33 Å². The van der Waals surface area contributed by atoms with Crippen molar-refractivity contribution in [1.82, 2.24) is 9.55 Å². The summed E-state index contributed by atoms with van der Waals surface area (Å²) in [5, 5.41) is 9.82. The average molecular weight is 328 g/mol. The number of fused-ring (bicyclic) bond motifs is 1. The molecule has 0 saturated heterocycles. The van der Waals surface area contributed by atoms with Crippen LogP contribution < -0.4 is 0 Å². The van der Waals surface area contributed by atoms with Crippen molar-refractivity contribution in [3.63, 3.8) is 0 Å². The van der Waals surface area contributed by atoms with Crippen molar-refractivity contribution < 1.29 is 9.90 Å². The molecule has 0 saturated carbocycles. The quantitative estimate of drug-likeness (QED) is 0.602. The fraction of sp³-hybridized carbons (Fsp3) is 0.0476. The third-order valence-electron chi connectivity index (χ3n) is 4.32. The molecule has 0 aliphatic heterocycles. The number of carboxylic acids is 1. The summed E-state index contributed by atoms with van der Waals surface area (Å²) in [5.74, 6) is -0.918. The molecule has 4 aromatic rings. The summed E-state index contributed by atoms with van der Waals surface area (Å²) >= 11 is 0. The summed E-state index contributed by atoms with van der Waals surface area (Å²) in [5.41, 5.74) is 4.62. The largest absolute Gasteiger partial charge is 0.478 e. The molecule has 1 aromatic heterocycles. The lowest BCUT2D eigenvalue weighted by Crippen LogP contribution is -2.08. The van der Waals surface area contributed by atoms with Crippen molar-refractivity contribution in [1.29, 1.82) is 0 Å². The number of aromatic carboxylic acids is 1. The molecule has 122 valence electrons. The van der Waals surface area contributed by atoms with Crippen LogP contribution in [0.3, 0.4) is 0 Å². The van der Waals surface area contributed by atoms with Gasteiger partial charge in [-0.3, -0.25) is 0 Å². The Bertz CT molecular complexity index is 1050. The van der Waals surface area contributed by atoms with Gasteiger partial charge in [0.25, 0.3) is 0 Å². The Morgan fingerprint density at radius 1 is 0.920 bits per heavy atom. The minimum atomic E-state index is -0.918. The average Bonchev–Trinajstić information content (AvgIpc) is 3.05. The van der Waals surface area contributed by atoms with Gasteiger partial charge in [-0.2, -0.15) is 0 Å². The molecule has 0 unspecified atom stereocenters. The third kappa shape index (κ3) is 2.78. The van der Waals surface area contributed by atoms with E-state index in [2.05, 4.69) is 4.98 Å². The molecule has 0 radical (unpaired) electrons. The standard InChI is InChI=1S/C21H16N2O2/c24-21(25)20-16(9-6-10-17(20)15-7-2-1-3-8-15)13-23-14-22-18-11-4-5-12-19(18)23/h1-12,14H,13H2,(H,24,25). The molecule has 0 fully saturated rings. The van der Waals surface area contributed by atoms with Crippen LogP contribution in [-0.4, -0.2) is 20.6 Å². The van der Waals surface area contributed by atoms with Crippen LogP contribution in [0.1, 0.15) is 15.9 Å². The lowest BCUT2D eigenvalue weighted by molar-refractivity contribution is 0.0696. The molecule has 0 aliphatic rings.